The SMILES string of the molecule is Cc1nc(NCc2cnn([C@H](C)Cc3ccccc3)c2)nc2c1NC(=O)[C@H](C)N2C. The van der Waals surface area contributed by atoms with Crippen LogP contribution in [-0.4, -0.2) is 38.7 Å². The number of carbonyl (C=O) groups is 1. The van der Waals surface area contributed by atoms with Gasteiger partial charge >= 0.3 is 0 Å². The van der Waals surface area contributed by atoms with Gasteiger partial charge in [0.15, 0.2) is 5.82 Å². The number of carbonyl (C=O) groups excluding carboxylic acids is 1. The van der Waals surface area contributed by atoms with Crippen molar-refractivity contribution in [2.45, 2.75) is 45.8 Å². The minimum Gasteiger partial charge on any atom is -0.350 e. The number of fused-ring (bicyclic) bond motifs is 1. The van der Waals surface area contributed by atoms with Crippen molar-refractivity contribution in [3.05, 3.63) is 59.5 Å². The number of aromatic nitrogens is 4. The van der Waals surface area contributed by atoms with Crippen LogP contribution in [0.25, 0.3) is 0 Å². The summed E-state index contributed by atoms with van der Waals surface area (Å²) in [5.74, 6) is 1.21. The Morgan fingerprint density at radius 1 is 1.20 bits per heavy atom. The van der Waals surface area contributed by atoms with Crippen LogP contribution in [0.2, 0.25) is 0 Å². The first-order valence-electron chi connectivity index (χ1n) is 10.2. The molecule has 0 saturated carbocycles. The molecule has 30 heavy (non-hydrogen) atoms. The fraction of sp³-hybridized carbons (Fsp3) is 0.364. The molecule has 0 aliphatic carbocycles. The Kier molecular flexibility index (Phi) is 5.39. The maximum Gasteiger partial charge on any atom is 0.246 e. The van der Waals surface area contributed by atoms with Gasteiger partial charge in [0.2, 0.25) is 11.9 Å². The van der Waals surface area contributed by atoms with E-state index in [4.69, 9.17) is 0 Å². The van der Waals surface area contributed by atoms with E-state index >= 15 is 0 Å². The molecule has 1 aliphatic rings. The molecular formula is C22H27N7O. The number of hydrogen-bond donors (Lipinski definition) is 2. The predicted molar refractivity (Wildman–Crippen MR) is 118 cm³/mol. The van der Waals surface area contributed by atoms with E-state index in [9.17, 15) is 4.79 Å². The van der Waals surface area contributed by atoms with E-state index in [1.54, 1.807) is 0 Å². The average Bonchev–Trinajstić information content (AvgIpc) is 3.21. The molecule has 1 amide bonds. The molecule has 0 bridgehead atoms. The summed E-state index contributed by atoms with van der Waals surface area (Å²) >= 11 is 0. The number of aryl methyl sites for hydroxylation is 1. The maximum absolute atomic E-state index is 12.1. The van der Waals surface area contributed by atoms with Gasteiger partial charge in [-0.2, -0.15) is 10.1 Å². The molecule has 156 valence electrons. The van der Waals surface area contributed by atoms with Crippen molar-refractivity contribution in [2.24, 2.45) is 0 Å². The first-order valence-corrected chi connectivity index (χ1v) is 10.2. The van der Waals surface area contributed by atoms with Crippen molar-refractivity contribution in [2.75, 3.05) is 22.6 Å². The van der Waals surface area contributed by atoms with Crippen LogP contribution in [0.15, 0.2) is 42.7 Å². The number of amides is 1. The van der Waals surface area contributed by atoms with E-state index in [1.165, 1.54) is 5.56 Å². The van der Waals surface area contributed by atoms with Gasteiger partial charge in [0.1, 0.15) is 11.7 Å². The lowest BCUT2D eigenvalue weighted by Gasteiger charge is -2.32. The quantitative estimate of drug-likeness (QED) is 0.655. The molecule has 2 atom stereocenters. The third kappa shape index (κ3) is 3.98. The summed E-state index contributed by atoms with van der Waals surface area (Å²) in [6.45, 7) is 6.47. The van der Waals surface area contributed by atoms with Crippen LogP contribution in [0.4, 0.5) is 17.5 Å². The van der Waals surface area contributed by atoms with Gasteiger partial charge < -0.3 is 15.5 Å². The third-order valence-corrected chi connectivity index (χ3v) is 5.54. The number of hydrogen-bond acceptors (Lipinski definition) is 6. The number of benzene rings is 1. The summed E-state index contributed by atoms with van der Waals surface area (Å²) in [6.07, 6.45) is 4.85. The van der Waals surface area contributed by atoms with Gasteiger partial charge in [0.05, 0.1) is 17.9 Å². The largest absolute Gasteiger partial charge is 0.350 e. The molecule has 3 heterocycles. The minimum absolute atomic E-state index is 0.0468. The molecular weight excluding hydrogens is 378 g/mol. The van der Waals surface area contributed by atoms with Crippen LogP contribution >= 0.6 is 0 Å². The molecule has 0 spiro atoms. The summed E-state index contributed by atoms with van der Waals surface area (Å²) in [5.41, 5.74) is 3.77. The van der Waals surface area contributed by atoms with Crippen LogP contribution < -0.4 is 15.5 Å². The zero-order valence-corrected chi connectivity index (χ0v) is 17.8. The minimum atomic E-state index is -0.274. The van der Waals surface area contributed by atoms with Gasteiger partial charge in [-0.1, -0.05) is 30.3 Å². The fourth-order valence-electron chi connectivity index (χ4n) is 3.56. The zero-order valence-electron chi connectivity index (χ0n) is 17.8. The van der Waals surface area contributed by atoms with Crippen molar-refractivity contribution in [1.82, 2.24) is 19.7 Å². The normalized spacial score (nSPS) is 16.7. The molecule has 0 saturated heterocycles. The van der Waals surface area contributed by atoms with Gasteiger partial charge in [-0.15, -0.1) is 0 Å². The van der Waals surface area contributed by atoms with E-state index in [-0.39, 0.29) is 18.0 Å². The number of likely N-dealkylation sites (N-methyl/N-ethyl adjacent to an activating group) is 1. The molecule has 8 nitrogen and oxygen atoms in total. The molecule has 0 fully saturated rings. The predicted octanol–water partition coefficient (Wildman–Crippen LogP) is 3.17. The van der Waals surface area contributed by atoms with Gasteiger partial charge in [-0.05, 0) is 32.8 Å². The summed E-state index contributed by atoms with van der Waals surface area (Å²) in [5, 5.41) is 10.7. The van der Waals surface area contributed by atoms with Gasteiger partial charge in [-0.25, -0.2) is 4.98 Å². The Bertz CT molecular complexity index is 1050. The van der Waals surface area contributed by atoms with Gasteiger partial charge in [0.25, 0.3) is 0 Å². The molecule has 0 unspecified atom stereocenters. The van der Waals surface area contributed by atoms with E-state index in [1.807, 2.05) is 42.7 Å². The molecule has 0 radical (unpaired) electrons. The van der Waals surface area contributed by atoms with Gasteiger partial charge in [0, 0.05) is 25.4 Å². The highest BCUT2D eigenvalue weighted by Crippen LogP contribution is 2.32. The lowest BCUT2D eigenvalue weighted by molar-refractivity contribution is -0.117. The second-order valence-corrected chi connectivity index (χ2v) is 7.83. The highest BCUT2D eigenvalue weighted by Gasteiger charge is 2.30. The lowest BCUT2D eigenvalue weighted by Crippen LogP contribution is -2.44. The topological polar surface area (TPSA) is 88.0 Å². The zero-order chi connectivity index (χ0) is 21.3. The molecule has 3 aromatic rings. The van der Waals surface area contributed by atoms with Crippen molar-refractivity contribution >= 4 is 23.4 Å². The highest BCUT2D eigenvalue weighted by molar-refractivity contribution is 6.03. The Balaban J connectivity index is 1.43. The first kappa shape index (κ1) is 19.9. The number of nitrogens with zero attached hydrogens (tertiary/aromatic N) is 5. The standard InChI is InChI=1S/C22H27N7O/c1-14(10-17-8-6-5-7-9-17)29-13-18(12-24-29)11-23-22-25-15(2)19-20(27-22)28(4)16(3)21(30)26-19/h5-9,12-14,16H,10-11H2,1-4H3,(H,26,30)(H,23,25,27)/t14-,16+/m1/s1. The Morgan fingerprint density at radius 3 is 2.73 bits per heavy atom. The maximum atomic E-state index is 12.1. The Hall–Kier alpha value is -3.42. The lowest BCUT2D eigenvalue weighted by atomic mass is 10.1. The monoisotopic (exact) mass is 405 g/mol. The number of rotatable bonds is 6. The second-order valence-electron chi connectivity index (χ2n) is 7.83. The first-order chi connectivity index (χ1) is 14.4. The van der Waals surface area contributed by atoms with Crippen LogP contribution in [0.3, 0.4) is 0 Å². The molecule has 2 N–H and O–H groups in total. The highest BCUT2D eigenvalue weighted by atomic mass is 16.2. The summed E-state index contributed by atoms with van der Waals surface area (Å²) in [7, 11) is 1.87. The number of nitrogens with one attached hydrogen (secondary N) is 2. The summed E-state index contributed by atoms with van der Waals surface area (Å²) in [4.78, 5) is 23.0. The van der Waals surface area contributed by atoms with E-state index in [0.717, 1.165) is 23.5 Å². The Labute approximate surface area is 176 Å². The molecule has 8 heteroatoms. The van der Waals surface area contributed by atoms with Crippen molar-refractivity contribution in [1.29, 1.82) is 0 Å². The molecule has 1 aliphatic heterocycles. The van der Waals surface area contributed by atoms with E-state index < -0.39 is 0 Å². The average molecular weight is 406 g/mol. The fourth-order valence-corrected chi connectivity index (χ4v) is 3.56. The van der Waals surface area contributed by atoms with E-state index in [0.29, 0.717) is 18.2 Å². The number of anilines is 3. The smallest absolute Gasteiger partial charge is 0.246 e. The third-order valence-electron chi connectivity index (χ3n) is 5.54. The molecule has 4 rings (SSSR count). The van der Waals surface area contributed by atoms with Crippen molar-refractivity contribution in [3.63, 3.8) is 0 Å². The Morgan fingerprint density at radius 2 is 1.97 bits per heavy atom. The van der Waals surface area contributed by atoms with Crippen LogP contribution in [0.5, 0.6) is 0 Å². The van der Waals surface area contributed by atoms with E-state index in [2.05, 4.69) is 63.1 Å². The summed E-state index contributed by atoms with van der Waals surface area (Å²) in [6, 6.07) is 10.4. The van der Waals surface area contributed by atoms with Crippen LogP contribution in [0.1, 0.15) is 36.7 Å². The molecule has 1 aromatic carbocycles. The second kappa shape index (κ2) is 8.14. The molecule has 2 aromatic heterocycles. The summed E-state index contributed by atoms with van der Waals surface area (Å²) < 4.78 is 1.99. The van der Waals surface area contributed by atoms with Crippen molar-refractivity contribution in [3.8, 4) is 0 Å². The van der Waals surface area contributed by atoms with Gasteiger partial charge in [-0.3, -0.25) is 9.48 Å². The van der Waals surface area contributed by atoms with Crippen LogP contribution in [0, 0.1) is 6.92 Å². The van der Waals surface area contributed by atoms with Crippen molar-refractivity contribution < 1.29 is 4.79 Å². The van der Waals surface area contributed by atoms with Crippen LogP contribution in [-0.2, 0) is 17.8 Å².